The van der Waals surface area contributed by atoms with E-state index in [1.165, 1.54) is 0 Å². The van der Waals surface area contributed by atoms with Gasteiger partial charge in [-0.2, -0.15) is 0 Å². The second-order valence-corrected chi connectivity index (χ2v) is 5.43. The molecule has 1 atom stereocenters. The van der Waals surface area contributed by atoms with Crippen LogP contribution in [0.2, 0.25) is 0 Å². The van der Waals surface area contributed by atoms with Crippen molar-refractivity contribution in [3.8, 4) is 5.75 Å². The fraction of sp³-hybridized carbons (Fsp3) is 0.533. The van der Waals surface area contributed by atoms with Gasteiger partial charge < -0.3 is 15.2 Å². The zero-order valence-electron chi connectivity index (χ0n) is 11.0. The quantitative estimate of drug-likeness (QED) is 0.786. The molecule has 3 rings (SSSR count). The Morgan fingerprint density at radius 3 is 2.84 bits per heavy atom. The predicted octanol–water partition coefficient (Wildman–Crippen LogP) is 1.24. The van der Waals surface area contributed by atoms with Gasteiger partial charge in [-0.3, -0.25) is 4.90 Å². The summed E-state index contributed by atoms with van der Waals surface area (Å²) in [5.74, 6) is 0.290. The fourth-order valence-electron chi connectivity index (χ4n) is 3.36. The van der Waals surface area contributed by atoms with Crippen LogP contribution in [0.5, 0.6) is 5.75 Å². The van der Waals surface area contributed by atoms with Crippen molar-refractivity contribution in [2.45, 2.75) is 31.3 Å². The molecule has 2 N–H and O–H groups in total. The van der Waals surface area contributed by atoms with Crippen LogP contribution >= 0.6 is 0 Å². The number of benzene rings is 1. The molecule has 2 aliphatic heterocycles. The number of carbonyl (C=O) groups excluding carboxylic acids is 1. The second kappa shape index (κ2) is 5.31. The fourth-order valence-corrected chi connectivity index (χ4v) is 3.36. The summed E-state index contributed by atoms with van der Waals surface area (Å²) in [6.07, 6.45) is 4.19. The molecule has 4 heteroatoms. The summed E-state index contributed by atoms with van der Waals surface area (Å²) in [5, 5.41) is 12.9. The highest BCUT2D eigenvalue weighted by atomic mass is 16.3. The molecule has 102 valence electrons. The van der Waals surface area contributed by atoms with Gasteiger partial charge >= 0.3 is 0 Å². The molecule has 1 saturated heterocycles. The lowest BCUT2D eigenvalue weighted by molar-refractivity contribution is -0.114. The normalized spacial score (nSPS) is 24.9. The number of piperidine rings is 1. The minimum atomic E-state index is -0.146. The molecule has 1 aromatic rings. The van der Waals surface area contributed by atoms with Crippen molar-refractivity contribution in [3.63, 3.8) is 0 Å². The van der Waals surface area contributed by atoms with Crippen molar-refractivity contribution in [2.24, 2.45) is 0 Å². The number of phenolic OH excluding ortho intramolecular Hbond substituents is 1. The van der Waals surface area contributed by atoms with Crippen molar-refractivity contribution in [1.82, 2.24) is 10.2 Å². The molecule has 0 saturated carbocycles. The summed E-state index contributed by atoms with van der Waals surface area (Å²) in [4.78, 5) is 13.9. The zero-order chi connectivity index (χ0) is 13.2. The predicted molar refractivity (Wildman–Crippen MR) is 73.2 cm³/mol. The Morgan fingerprint density at radius 2 is 2.11 bits per heavy atom. The van der Waals surface area contributed by atoms with Crippen LogP contribution in [0, 0.1) is 0 Å². The van der Waals surface area contributed by atoms with Gasteiger partial charge in [0.2, 0.25) is 0 Å². The van der Waals surface area contributed by atoms with E-state index in [0.717, 1.165) is 56.3 Å². The van der Waals surface area contributed by atoms with Crippen molar-refractivity contribution in [3.05, 3.63) is 29.3 Å². The van der Waals surface area contributed by atoms with E-state index in [4.69, 9.17) is 0 Å². The molecule has 1 aromatic carbocycles. The Morgan fingerprint density at radius 1 is 1.32 bits per heavy atom. The van der Waals surface area contributed by atoms with Crippen molar-refractivity contribution in [1.29, 1.82) is 0 Å². The van der Waals surface area contributed by atoms with E-state index in [-0.39, 0.29) is 6.04 Å². The van der Waals surface area contributed by atoms with E-state index >= 15 is 0 Å². The Balaban J connectivity index is 1.88. The zero-order valence-corrected chi connectivity index (χ0v) is 11.0. The van der Waals surface area contributed by atoms with Gasteiger partial charge in [0.05, 0.1) is 6.04 Å². The van der Waals surface area contributed by atoms with Crippen molar-refractivity contribution in [2.75, 3.05) is 19.6 Å². The van der Waals surface area contributed by atoms with Crippen molar-refractivity contribution >= 4 is 6.29 Å². The highest BCUT2D eigenvalue weighted by Crippen LogP contribution is 2.33. The Hall–Kier alpha value is -1.39. The summed E-state index contributed by atoms with van der Waals surface area (Å²) in [7, 11) is 0. The van der Waals surface area contributed by atoms with Crippen LogP contribution in [0.4, 0.5) is 0 Å². The molecule has 19 heavy (non-hydrogen) atoms. The molecule has 0 radical (unpaired) electrons. The van der Waals surface area contributed by atoms with E-state index in [9.17, 15) is 9.90 Å². The molecule has 0 bridgehead atoms. The van der Waals surface area contributed by atoms with Gasteiger partial charge in [-0.25, -0.2) is 0 Å². The Kier molecular flexibility index (Phi) is 3.53. The van der Waals surface area contributed by atoms with E-state index in [2.05, 4.69) is 10.2 Å². The van der Waals surface area contributed by atoms with Gasteiger partial charge in [0.25, 0.3) is 0 Å². The SMILES string of the molecule is O=CC1c2ccc(O)cc2CCN1C1CCNCC1. The van der Waals surface area contributed by atoms with Gasteiger partial charge in [0.1, 0.15) is 12.0 Å². The Labute approximate surface area is 113 Å². The minimum absolute atomic E-state index is 0.146. The first-order chi connectivity index (χ1) is 9.29. The van der Waals surface area contributed by atoms with Crippen LogP contribution in [0.15, 0.2) is 18.2 Å². The Bertz CT molecular complexity index is 469. The summed E-state index contributed by atoms with van der Waals surface area (Å²) in [6.45, 7) is 2.98. The first-order valence-electron chi connectivity index (χ1n) is 7.03. The average molecular weight is 260 g/mol. The lowest BCUT2D eigenvalue weighted by Crippen LogP contribution is -2.48. The number of aromatic hydroxyl groups is 1. The van der Waals surface area contributed by atoms with Gasteiger partial charge in [-0.1, -0.05) is 6.07 Å². The number of hydrogen-bond acceptors (Lipinski definition) is 4. The van der Waals surface area contributed by atoms with Gasteiger partial charge in [0.15, 0.2) is 0 Å². The number of rotatable bonds is 2. The monoisotopic (exact) mass is 260 g/mol. The van der Waals surface area contributed by atoms with Crippen LogP contribution in [-0.4, -0.2) is 42.0 Å². The number of aldehydes is 1. The van der Waals surface area contributed by atoms with Crippen LogP contribution in [0.1, 0.15) is 30.0 Å². The molecule has 0 amide bonds. The van der Waals surface area contributed by atoms with E-state index in [1.54, 1.807) is 12.1 Å². The molecule has 1 unspecified atom stereocenters. The molecule has 1 fully saturated rings. The maximum Gasteiger partial charge on any atom is 0.141 e. The summed E-state index contributed by atoms with van der Waals surface area (Å²) < 4.78 is 0. The van der Waals surface area contributed by atoms with E-state index in [1.807, 2.05) is 6.07 Å². The van der Waals surface area contributed by atoms with Gasteiger partial charge in [0, 0.05) is 12.6 Å². The van der Waals surface area contributed by atoms with Gasteiger partial charge in [-0.15, -0.1) is 0 Å². The minimum Gasteiger partial charge on any atom is -0.508 e. The first-order valence-corrected chi connectivity index (χ1v) is 7.03. The summed E-state index contributed by atoms with van der Waals surface area (Å²) >= 11 is 0. The third-order valence-electron chi connectivity index (χ3n) is 4.35. The third kappa shape index (κ3) is 2.38. The third-order valence-corrected chi connectivity index (χ3v) is 4.35. The molecule has 0 spiro atoms. The van der Waals surface area contributed by atoms with E-state index in [0.29, 0.717) is 11.8 Å². The van der Waals surface area contributed by atoms with Gasteiger partial charge in [-0.05, 0) is 55.6 Å². The summed E-state index contributed by atoms with van der Waals surface area (Å²) in [6, 6.07) is 5.73. The maximum atomic E-state index is 11.5. The van der Waals surface area contributed by atoms with Crippen LogP contribution in [-0.2, 0) is 11.2 Å². The lowest BCUT2D eigenvalue weighted by atomic mass is 9.90. The number of fused-ring (bicyclic) bond motifs is 1. The highest BCUT2D eigenvalue weighted by molar-refractivity contribution is 5.64. The number of hydrogen-bond donors (Lipinski definition) is 2. The molecule has 0 aromatic heterocycles. The van der Waals surface area contributed by atoms with Crippen LogP contribution in [0.3, 0.4) is 0 Å². The standard InChI is InChI=1S/C15H20N2O2/c18-10-15-14-2-1-13(19)9-11(14)5-8-17(15)12-3-6-16-7-4-12/h1-2,9-10,12,15-16,19H,3-8H2. The molecule has 2 aliphatic rings. The maximum absolute atomic E-state index is 11.5. The smallest absolute Gasteiger partial charge is 0.141 e. The molecule has 2 heterocycles. The molecule has 0 aliphatic carbocycles. The lowest BCUT2D eigenvalue weighted by Gasteiger charge is -2.41. The molecular weight excluding hydrogens is 240 g/mol. The average Bonchev–Trinajstić information content (AvgIpc) is 2.46. The molecule has 4 nitrogen and oxygen atoms in total. The van der Waals surface area contributed by atoms with E-state index < -0.39 is 0 Å². The van der Waals surface area contributed by atoms with Crippen LogP contribution < -0.4 is 5.32 Å². The first kappa shape index (κ1) is 12.6. The number of nitrogens with zero attached hydrogens (tertiary/aromatic N) is 1. The van der Waals surface area contributed by atoms with Crippen molar-refractivity contribution < 1.29 is 9.90 Å². The topological polar surface area (TPSA) is 52.6 Å². The number of phenols is 1. The number of nitrogens with one attached hydrogen (secondary N) is 1. The summed E-state index contributed by atoms with van der Waals surface area (Å²) in [5.41, 5.74) is 2.18. The highest BCUT2D eigenvalue weighted by Gasteiger charge is 2.32. The molecular formula is C15H20N2O2. The largest absolute Gasteiger partial charge is 0.508 e. The number of carbonyl (C=O) groups is 1. The second-order valence-electron chi connectivity index (χ2n) is 5.43. The van der Waals surface area contributed by atoms with Crippen LogP contribution in [0.25, 0.3) is 0 Å².